The number of aliphatic hydroxyl groups excluding tert-OH is 6. The number of hydrogen-bond acceptors (Lipinski definition) is 10. The summed E-state index contributed by atoms with van der Waals surface area (Å²) in [6.45, 7) is -1.13. The minimum absolute atomic E-state index is 0.208. The van der Waals surface area contributed by atoms with Crippen molar-refractivity contribution in [3.05, 3.63) is 23.5 Å². The third kappa shape index (κ3) is 3.48. The van der Waals surface area contributed by atoms with Gasteiger partial charge in [0, 0.05) is 5.92 Å². The second-order valence-electron chi connectivity index (χ2n) is 6.66. The molecule has 3 aliphatic rings. The molecule has 2 aliphatic heterocycles. The third-order valence-electron chi connectivity index (χ3n) is 5.10. The van der Waals surface area contributed by atoms with Crippen LogP contribution in [-0.2, 0) is 19.0 Å². The maximum atomic E-state index is 11.4. The van der Waals surface area contributed by atoms with Crippen LogP contribution in [-0.4, -0.2) is 98.0 Å². The van der Waals surface area contributed by atoms with Crippen molar-refractivity contribution in [2.45, 2.75) is 43.1 Å². The predicted octanol–water partition coefficient (Wildman–Crippen LogP) is -3.35. The maximum Gasteiger partial charge on any atom is 0.335 e. The van der Waals surface area contributed by atoms with Crippen LogP contribution in [0, 0.1) is 11.8 Å². The normalized spacial score (nSPS) is 44.1. The van der Waals surface area contributed by atoms with E-state index in [4.69, 9.17) is 14.2 Å². The number of carbonyl (C=O) groups is 1. The minimum Gasteiger partial charge on any atom is -0.478 e. The summed E-state index contributed by atoms with van der Waals surface area (Å²) in [6.07, 6.45) is -7.83. The Kier molecular flexibility index (Phi) is 5.84. The van der Waals surface area contributed by atoms with E-state index in [0.29, 0.717) is 0 Å². The van der Waals surface area contributed by atoms with Gasteiger partial charge < -0.3 is 50.0 Å². The van der Waals surface area contributed by atoms with Crippen LogP contribution < -0.4 is 0 Å². The molecule has 9 atom stereocenters. The Hall–Kier alpha value is -1.57. The number of hydrogen-bond donors (Lipinski definition) is 7. The molecule has 0 aromatic rings. The summed E-state index contributed by atoms with van der Waals surface area (Å²) in [5, 5.41) is 68.0. The molecule has 0 aromatic heterocycles. The topological polar surface area (TPSA) is 186 Å². The Morgan fingerprint density at radius 2 is 1.74 bits per heavy atom. The molecule has 0 unspecified atom stereocenters. The van der Waals surface area contributed by atoms with Gasteiger partial charge in [-0.15, -0.1) is 0 Å². The van der Waals surface area contributed by atoms with E-state index in [2.05, 4.69) is 0 Å². The fourth-order valence-corrected chi connectivity index (χ4v) is 3.68. The molecule has 0 aromatic carbocycles. The number of aliphatic hydroxyl groups is 6. The largest absolute Gasteiger partial charge is 0.478 e. The Bertz CT molecular complexity index is 630. The van der Waals surface area contributed by atoms with Crippen LogP contribution in [0.1, 0.15) is 0 Å². The minimum atomic E-state index is -1.68. The molecule has 1 saturated heterocycles. The van der Waals surface area contributed by atoms with Crippen LogP contribution >= 0.6 is 0 Å². The molecule has 0 bridgehead atoms. The standard InChI is InChI=1S/C16H22O11/c17-2-5-1-7(19)10-6(14(23)24)4-25-15(9(5)10)27-16-13(22)12(21)11(20)8(3-18)26-16/h1,4,7-13,15-22H,2-3H2,(H,23,24)/t7-,8+,9+,10-,11+,12-,13+,15-,16-/m0/s1. The summed E-state index contributed by atoms with van der Waals surface area (Å²) in [5.41, 5.74) is 0.0785. The van der Waals surface area contributed by atoms with Crippen LogP contribution in [0.5, 0.6) is 0 Å². The number of ether oxygens (including phenoxy) is 3. The fourth-order valence-electron chi connectivity index (χ4n) is 3.68. The van der Waals surface area contributed by atoms with E-state index in [1.165, 1.54) is 6.08 Å². The summed E-state index contributed by atoms with van der Waals surface area (Å²) in [4.78, 5) is 11.4. The summed E-state index contributed by atoms with van der Waals surface area (Å²) in [7, 11) is 0. The smallest absolute Gasteiger partial charge is 0.335 e. The highest BCUT2D eigenvalue weighted by Crippen LogP contribution is 2.44. The molecule has 3 rings (SSSR count). The van der Waals surface area contributed by atoms with E-state index < -0.39 is 74.1 Å². The SMILES string of the molecule is O=C(O)C1=CO[C@@H](O[C@@H]2O[C@H](CO)[C@@H](O)[C@H](O)[C@H]2O)[C@@H]2C(CO)=C[C@H](O)[C@H]12. The van der Waals surface area contributed by atoms with E-state index in [0.717, 1.165) is 6.26 Å². The second-order valence-corrected chi connectivity index (χ2v) is 6.66. The lowest BCUT2D eigenvalue weighted by Gasteiger charge is -2.43. The van der Waals surface area contributed by atoms with Gasteiger partial charge in [0.2, 0.25) is 6.29 Å². The van der Waals surface area contributed by atoms with Crippen LogP contribution in [0.15, 0.2) is 23.5 Å². The summed E-state index contributed by atoms with van der Waals surface area (Å²) < 4.78 is 16.1. The van der Waals surface area contributed by atoms with Gasteiger partial charge in [0.15, 0.2) is 6.29 Å². The molecule has 0 spiro atoms. The highest BCUT2D eigenvalue weighted by molar-refractivity contribution is 5.87. The van der Waals surface area contributed by atoms with E-state index in [1.807, 2.05) is 0 Å². The molecular formula is C16H22O11. The first-order chi connectivity index (χ1) is 12.8. The second kappa shape index (κ2) is 7.81. The van der Waals surface area contributed by atoms with Crippen molar-refractivity contribution in [2.75, 3.05) is 13.2 Å². The molecule has 152 valence electrons. The quantitative estimate of drug-likeness (QED) is 0.233. The van der Waals surface area contributed by atoms with Crippen molar-refractivity contribution in [3.63, 3.8) is 0 Å². The number of fused-ring (bicyclic) bond motifs is 1. The maximum absolute atomic E-state index is 11.4. The first-order valence-corrected chi connectivity index (χ1v) is 8.34. The van der Waals surface area contributed by atoms with Crippen LogP contribution in [0.3, 0.4) is 0 Å². The average Bonchev–Trinajstić information content (AvgIpc) is 2.99. The van der Waals surface area contributed by atoms with Crippen molar-refractivity contribution < 1.29 is 54.8 Å². The van der Waals surface area contributed by atoms with Gasteiger partial charge in [0.1, 0.15) is 24.4 Å². The van der Waals surface area contributed by atoms with Gasteiger partial charge in [0.05, 0.1) is 37.1 Å². The van der Waals surface area contributed by atoms with Crippen molar-refractivity contribution >= 4 is 5.97 Å². The van der Waals surface area contributed by atoms with E-state index in [-0.39, 0.29) is 11.1 Å². The summed E-state index contributed by atoms with van der Waals surface area (Å²) in [5.74, 6) is -3.13. The van der Waals surface area contributed by atoms with Gasteiger partial charge in [-0.05, 0) is 5.57 Å². The zero-order valence-corrected chi connectivity index (χ0v) is 14.0. The molecule has 11 nitrogen and oxygen atoms in total. The highest BCUT2D eigenvalue weighted by atomic mass is 16.8. The average molecular weight is 390 g/mol. The first kappa shape index (κ1) is 20.2. The first-order valence-electron chi connectivity index (χ1n) is 8.34. The van der Waals surface area contributed by atoms with Gasteiger partial charge in [-0.25, -0.2) is 4.79 Å². The summed E-state index contributed by atoms with van der Waals surface area (Å²) >= 11 is 0. The van der Waals surface area contributed by atoms with Crippen molar-refractivity contribution in [1.82, 2.24) is 0 Å². The third-order valence-corrected chi connectivity index (χ3v) is 5.10. The van der Waals surface area contributed by atoms with Crippen LogP contribution in [0.25, 0.3) is 0 Å². The zero-order valence-electron chi connectivity index (χ0n) is 14.0. The number of rotatable bonds is 5. The lowest BCUT2D eigenvalue weighted by molar-refractivity contribution is -0.340. The molecule has 1 aliphatic carbocycles. The van der Waals surface area contributed by atoms with Crippen molar-refractivity contribution in [2.24, 2.45) is 11.8 Å². The Morgan fingerprint density at radius 3 is 2.33 bits per heavy atom. The predicted molar refractivity (Wildman–Crippen MR) is 83.6 cm³/mol. The number of aliphatic carboxylic acids is 1. The monoisotopic (exact) mass is 390 g/mol. The van der Waals surface area contributed by atoms with Crippen LogP contribution in [0.4, 0.5) is 0 Å². The molecule has 7 N–H and O–H groups in total. The van der Waals surface area contributed by atoms with Gasteiger partial charge in [-0.3, -0.25) is 0 Å². The Balaban J connectivity index is 1.84. The Morgan fingerprint density at radius 1 is 1.04 bits per heavy atom. The fraction of sp³-hybridized carbons (Fsp3) is 0.688. The highest BCUT2D eigenvalue weighted by Gasteiger charge is 2.51. The molecule has 11 heteroatoms. The molecule has 1 fully saturated rings. The molecule has 0 amide bonds. The van der Waals surface area contributed by atoms with Crippen LogP contribution in [0.2, 0.25) is 0 Å². The van der Waals surface area contributed by atoms with Gasteiger partial charge in [0.25, 0.3) is 0 Å². The molecule has 27 heavy (non-hydrogen) atoms. The van der Waals surface area contributed by atoms with Gasteiger partial charge in [-0.2, -0.15) is 0 Å². The van der Waals surface area contributed by atoms with Gasteiger partial charge in [-0.1, -0.05) is 6.08 Å². The van der Waals surface area contributed by atoms with E-state index >= 15 is 0 Å². The molecule has 0 saturated carbocycles. The van der Waals surface area contributed by atoms with Crippen molar-refractivity contribution in [3.8, 4) is 0 Å². The summed E-state index contributed by atoms with van der Waals surface area (Å²) in [6, 6.07) is 0. The zero-order chi connectivity index (χ0) is 19.9. The Labute approximate surface area is 153 Å². The van der Waals surface area contributed by atoms with E-state index in [1.54, 1.807) is 0 Å². The number of carboxylic acids is 1. The molecular weight excluding hydrogens is 368 g/mol. The number of carboxylic acid groups (broad SMARTS) is 1. The van der Waals surface area contributed by atoms with E-state index in [9.17, 15) is 40.5 Å². The van der Waals surface area contributed by atoms with Crippen molar-refractivity contribution in [1.29, 1.82) is 0 Å². The molecule has 2 heterocycles. The lowest BCUT2D eigenvalue weighted by atomic mass is 9.82. The molecule has 0 radical (unpaired) electrons. The van der Waals surface area contributed by atoms with Gasteiger partial charge >= 0.3 is 5.97 Å². The lowest BCUT2D eigenvalue weighted by Crippen LogP contribution is -2.60.